The maximum atomic E-state index is 12.1. The summed E-state index contributed by atoms with van der Waals surface area (Å²) in [6.07, 6.45) is 0.00108. The molecule has 1 aromatic rings. The van der Waals surface area contributed by atoms with Gasteiger partial charge in [0.25, 0.3) is 14.7 Å². The number of hydrogen-bond acceptors (Lipinski definition) is 6. The molecule has 0 unspecified atom stereocenters. The molecule has 0 aliphatic rings. The van der Waals surface area contributed by atoms with Crippen molar-refractivity contribution in [3.8, 4) is 5.75 Å². The summed E-state index contributed by atoms with van der Waals surface area (Å²) in [5.41, 5.74) is -1.51. The zero-order valence-corrected chi connectivity index (χ0v) is 10.3. The van der Waals surface area contributed by atoms with E-state index >= 15 is 0 Å². The SMILES string of the molecule is O=Cc1cc(OC(F)F)c(S(=O)(=O)Cl)cc1[N+](=O)[O-]. The number of hydrogen-bond donors (Lipinski definition) is 0. The lowest BCUT2D eigenvalue weighted by Crippen LogP contribution is -2.08. The molecule has 19 heavy (non-hydrogen) atoms. The summed E-state index contributed by atoms with van der Waals surface area (Å²) in [7, 11) is 0.389. The van der Waals surface area contributed by atoms with Crippen molar-refractivity contribution >= 4 is 31.7 Å². The maximum absolute atomic E-state index is 12.1. The number of halogens is 3. The van der Waals surface area contributed by atoms with Crippen LogP contribution in [0.1, 0.15) is 10.4 Å². The minimum atomic E-state index is -4.57. The molecule has 0 saturated heterocycles. The minimum absolute atomic E-state index is 0.00108. The molecular weight excluding hydrogens is 312 g/mol. The van der Waals surface area contributed by atoms with E-state index in [1.165, 1.54) is 0 Å². The van der Waals surface area contributed by atoms with Crippen LogP contribution in [0.5, 0.6) is 5.75 Å². The number of nitro benzene ring substituents is 1. The molecule has 0 saturated carbocycles. The van der Waals surface area contributed by atoms with Crippen molar-refractivity contribution in [2.45, 2.75) is 11.5 Å². The Labute approximate surface area is 109 Å². The van der Waals surface area contributed by atoms with Gasteiger partial charge in [0.1, 0.15) is 10.6 Å². The lowest BCUT2D eigenvalue weighted by Gasteiger charge is -2.09. The smallest absolute Gasteiger partial charge is 0.387 e. The van der Waals surface area contributed by atoms with Crippen molar-refractivity contribution in [1.82, 2.24) is 0 Å². The third kappa shape index (κ3) is 3.58. The summed E-state index contributed by atoms with van der Waals surface area (Å²) in [5, 5.41) is 10.6. The number of nitrogens with zero attached hydrogens (tertiary/aromatic N) is 1. The molecule has 104 valence electrons. The second kappa shape index (κ2) is 5.45. The van der Waals surface area contributed by atoms with Gasteiger partial charge in [-0.1, -0.05) is 0 Å². The zero-order valence-electron chi connectivity index (χ0n) is 8.75. The number of benzene rings is 1. The fraction of sp³-hybridized carbons (Fsp3) is 0.125. The molecule has 0 radical (unpaired) electrons. The number of carbonyl (C=O) groups is 1. The van der Waals surface area contributed by atoms with Crippen LogP contribution < -0.4 is 4.74 Å². The largest absolute Gasteiger partial charge is 0.433 e. The van der Waals surface area contributed by atoms with Crippen LogP contribution in [-0.2, 0) is 9.05 Å². The van der Waals surface area contributed by atoms with E-state index in [0.717, 1.165) is 0 Å². The quantitative estimate of drug-likeness (QED) is 0.356. The van der Waals surface area contributed by atoms with Crippen LogP contribution in [-0.4, -0.2) is 26.2 Å². The predicted octanol–water partition coefficient (Wildman–Crippen LogP) is 1.94. The molecule has 11 heteroatoms. The van der Waals surface area contributed by atoms with Gasteiger partial charge in [0.2, 0.25) is 0 Å². The number of ether oxygens (including phenoxy) is 1. The van der Waals surface area contributed by atoms with E-state index in [4.69, 9.17) is 10.7 Å². The summed E-state index contributed by atoms with van der Waals surface area (Å²) in [6, 6.07) is 0.885. The van der Waals surface area contributed by atoms with Crippen LogP contribution in [0.2, 0.25) is 0 Å². The number of aldehydes is 1. The number of carbonyl (C=O) groups excluding carboxylic acids is 1. The molecule has 0 aliphatic carbocycles. The first-order valence-corrected chi connectivity index (χ1v) is 6.65. The molecule has 0 N–H and O–H groups in total. The van der Waals surface area contributed by atoms with E-state index in [9.17, 15) is 32.1 Å². The number of alkyl halides is 2. The summed E-state index contributed by atoms with van der Waals surface area (Å²) in [6.45, 7) is -3.39. The lowest BCUT2D eigenvalue weighted by atomic mass is 10.2. The lowest BCUT2D eigenvalue weighted by molar-refractivity contribution is -0.385. The Morgan fingerprint density at radius 3 is 2.37 bits per heavy atom. The molecule has 0 aliphatic heterocycles. The van der Waals surface area contributed by atoms with Gasteiger partial charge in [-0.2, -0.15) is 8.78 Å². The van der Waals surface area contributed by atoms with E-state index < -0.39 is 42.5 Å². The van der Waals surface area contributed by atoms with Crippen LogP contribution in [0.15, 0.2) is 17.0 Å². The van der Waals surface area contributed by atoms with E-state index in [1.54, 1.807) is 0 Å². The highest BCUT2D eigenvalue weighted by molar-refractivity contribution is 8.13. The Morgan fingerprint density at radius 1 is 1.42 bits per heavy atom. The second-order valence-electron chi connectivity index (χ2n) is 3.05. The topological polar surface area (TPSA) is 104 Å². The Bertz CT molecular complexity index is 632. The van der Waals surface area contributed by atoms with Crippen LogP contribution in [0.3, 0.4) is 0 Å². The van der Waals surface area contributed by atoms with E-state index in [2.05, 4.69) is 4.74 Å². The maximum Gasteiger partial charge on any atom is 0.387 e. The highest BCUT2D eigenvalue weighted by atomic mass is 35.7. The van der Waals surface area contributed by atoms with Gasteiger partial charge >= 0.3 is 6.61 Å². The Kier molecular flexibility index (Phi) is 4.37. The zero-order chi connectivity index (χ0) is 14.8. The normalized spacial score (nSPS) is 11.4. The van der Waals surface area contributed by atoms with Crippen molar-refractivity contribution < 1.29 is 31.7 Å². The Hall–Kier alpha value is -1.81. The summed E-state index contributed by atoms with van der Waals surface area (Å²) in [5.74, 6) is -0.947. The first kappa shape index (κ1) is 15.2. The number of rotatable bonds is 5. The molecular formula is C8H4ClF2NO6S. The van der Waals surface area contributed by atoms with Gasteiger partial charge in [0.15, 0.2) is 6.29 Å². The van der Waals surface area contributed by atoms with Crippen molar-refractivity contribution in [2.24, 2.45) is 0 Å². The predicted molar refractivity (Wildman–Crippen MR) is 58.2 cm³/mol. The highest BCUT2D eigenvalue weighted by Gasteiger charge is 2.26. The average molecular weight is 316 g/mol. The second-order valence-corrected chi connectivity index (χ2v) is 5.58. The fourth-order valence-corrected chi connectivity index (χ4v) is 2.16. The van der Waals surface area contributed by atoms with Gasteiger partial charge in [0.05, 0.1) is 10.5 Å². The molecule has 0 aromatic heterocycles. The fourth-order valence-electron chi connectivity index (χ4n) is 1.20. The van der Waals surface area contributed by atoms with Gasteiger partial charge in [-0.05, 0) is 6.07 Å². The van der Waals surface area contributed by atoms with E-state index in [0.29, 0.717) is 12.1 Å². The molecule has 0 bridgehead atoms. The molecule has 0 fully saturated rings. The Balaban J connectivity index is 3.62. The van der Waals surface area contributed by atoms with Gasteiger partial charge in [-0.25, -0.2) is 8.42 Å². The van der Waals surface area contributed by atoms with E-state index in [-0.39, 0.29) is 6.29 Å². The Morgan fingerprint density at radius 2 is 2.00 bits per heavy atom. The molecule has 1 aromatic carbocycles. The third-order valence-corrected chi connectivity index (χ3v) is 3.24. The van der Waals surface area contributed by atoms with Crippen LogP contribution in [0, 0.1) is 10.1 Å². The van der Waals surface area contributed by atoms with Gasteiger partial charge in [-0.15, -0.1) is 0 Å². The standard InChI is InChI=1S/C8H4ClF2NO6S/c9-19(16,17)7-2-5(12(14)15)4(3-13)1-6(7)18-8(10)11/h1-3,8H. The monoisotopic (exact) mass is 315 g/mol. The van der Waals surface area contributed by atoms with Gasteiger partial charge in [-0.3, -0.25) is 14.9 Å². The van der Waals surface area contributed by atoms with Gasteiger partial charge < -0.3 is 4.74 Å². The third-order valence-electron chi connectivity index (χ3n) is 1.90. The summed E-state index contributed by atoms with van der Waals surface area (Å²) in [4.78, 5) is 19.1. The van der Waals surface area contributed by atoms with Crippen molar-refractivity contribution in [2.75, 3.05) is 0 Å². The average Bonchev–Trinajstić information content (AvgIpc) is 2.25. The van der Waals surface area contributed by atoms with Crippen molar-refractivity contribution in [1.29, 1.82) is 0 Å². The molecule has 0 amide bonds. The molecule has 0 atom stereocenters. The van der Waals surface area contributed by atoms with Crippen LogP contribution in [0.25, 0.3) is 0 Å². The first-order chi connectivity index (χ1) is 8.66. The summed E-state index contributed by atoms with van der Waals surface area (Å²) >= 11 is 0. The molecule has 1 rings (SSSR count). The van der Waals surface area contributed by atoms with Crippen molar-refractivity contribution in [3.63, 3.8) is 0 Å². The van der Waals surface area contributed by atoms with E-state index in [1.807, 2.05) is 0 Å². The van der Waals surface area contributed by atoms with Gasteiger partial charge in [0, 0.05) is 16.7 Å². The summed E-state index contributed by atoms with van der Waals surface area (Å²) < 4.78 is 50.4. The first-order valence-electron chi connectivity index (χ1n) is 4.34. The van der Waals surface area contributed by atoms with Crippen LogP contribution >= 0.6 is 10.7 Å². The molecule has 7 nitrogen and oxygen atoms in total. The number of nitro groups is 1. The highest BCUT2D eigenvalue weighted by Crippen LogP contribution is 2.34. The molecule has 0 heterocycles. The molecule has 0 spiro atoms. The van der Waals surface area contributed by atoms with Crippen molar-refractivity contribution in [3.05, 3.63) is 27.8 Å². The minimum Gasteiger partial charge on any atom is -0.433 e. The van der Waals surface area contributed by atoms with Crippen LogP contribution in [0.4, 0.5) is 14.5 Å².